The molecule has 0 amide bonds. The number of thiophene rings is 1. The number of benzene rings is 1. The lowest BCUT2D eigenvalue weighted by molar-refractivity contribution is 0.340. The smallest absolute Gasteiger partial charge is 0.119 e. The molecule has 0 N–H and O–H groups in total. The van der Waals surface area contributed by atoms with Gasteiger partial charge in [-0.1, -0.05) is 28.1 Å². The molecule has 1 aromatic heterocycles. The molecule has 0 saturated heterocycles. The molecule has 18 heavy (non-hydrogen) atoms. The van der Waals surface area contributed by atoms with Crippen molar-refractivity contribution in [1.82, 2.24) is 0 Å². The van der Waals surface area contributed by atoms with E-state index in [0.717, 1.165) is 5.75 Å². The summed E-state index contributed by atoms with van der Waals surface area (Å²) in [6, 6.07) is 10.4. The van der Waals surface area contributed by atoms with Crippen molar-refractivity contribution in [3.8, 4) is 5.75 Å². The second-order valence-electron chi connectivity index (χ2n) is 3.93. The van der Waals surface area contributed by atoms with Gasteiger partial charge in [0.25, 0.3) is 0 Å². The van der Waals surface area contributed by atoms with Gasteiger partial charge in [-0.15, -0.1) is 11.3 Å². The summed E-state index contributed by atoms with van der Waals surface area (Å²) in [4.78, 5) is 1.56. The number of rotatable bonds is 4. The van der Waals surface area contributed by atoms with Gasteiger partial charge in [0.1, 0.15) is 5.75 Å². The minimum Gasteiger partial charge on any atom is -0.494 e. The molecule has 2 rings (SSSR count). The van der Waals surface area contributed by atoms with Crippen molar-refractivity contribution in [1.29, 1.82) is 0 Å². The molecule has 4 heteroatoms. The van der Waals surface area contributed by atoms with Crippen molar-refractivity contribution in [3.63, 3.8) is 0 Å². The van der Waals surface area contributed by atoms with Gasteiger partial charge in [-0.2, -0.15) is 0 Å². The molecule has 1 aromatic carbocycles. The van der Waals surface area contributed by atoms with Gasteiger partial charge in [-0.25, -0.2) is 0 Å². The molecule has 2 aromatic rings. The fourth-order valence-electron chi connectivity index (χ4n) is 1.79. The maximum Gasteiger partial charge on any atom is 0.119 e. The Hall–Kier alpha value is -0.320. The van der Waals surface area contributed by atoms with E-state index in [4.69, 9.17) is 4.74 Å². The Morgan fingerprint density at radius 2 is 1.94 bits per heavy atom. The molecule has 1 atom stereocenters. The third kappa shape index (κ3) is 3.16. The molecule has 0 bridgehead atoms. The maximum absolute atomic E-state index is 5.45. The Balaban J connectivity index is 2.23. The van der Waals surface area contributed by atoms with E-state index in [-0.39, 0.29) is 4.83 Å². The van der Waals surface area contributed by atoms with Gasteiger partial charge in [0.05, 0.1) is 15.2 Å². The first-order valence-electron chi connectivity index (χ1n) is 5.74. The van der Waals surface area contributed by atoms with Crippen LogP contribution in [0, 0.1) is 6.92 Å². The Labute approximate surface area is 128 Å². The van der Waals surface area contributed by atoms with Crippen molar-refractivity contribution in [2.24, 2.45) is 0 Å². The molecule has 0 fully saturated rings. The molecule has 1 unspecified atom stereocenters. The monoisotopic (exact) mass is 388 g/mol. The lowest BCUT2D eigenvalue weighted by atomic mass is 10.1. The van der Waals surface area contributed by atoms with Crippen LogP contribution in [0.3, 0.4) is 0 Å². The van der Waals surface area contributed by atoms with E-state index < -0.39 is 0 Å². The number of halogens is 2. The number of ether oxygens (including phenoxy) is 1. The zero-order valence-electron chi connectivity index (χ0n) is 10.2. The van der Waals surface area contributed by atoms with Gasteiger partial charge in [0.2, 0.25) is 0 Å². The summed E-state index contributed by atoms with van der Waals surface area (Å²) in [7, 11) is 0. The van der Waals surface area contributed by atoms with Crippen LogP contribution >= 0.6 is 43.2 Å². The van der Waals surface area contributed by atoms with Gasteiger partial charge in [-0.05, 0) is 59.1 Å². The Bertz CT molecular complexity index is 519. The second kappa shape index (κ2) is 6.22. The zero-order chi connectivity index (χ0) is 13.1. The predicted octanol–water partition coefficient (Wildman–Crippen LogP) is 5.70. The lowest BCUT2D eigenvalue weighted by Gasteiger charge is -2.11. The number of hydrogen-bond donors (Lipinski definition) is 0. The molecule has 0 aliphatic carbocycles. The molecule has 0 radical (unpaired) electrons. The third-order valence-electron chi connectivity index (χ3n) is 2.68. The van der Waals surface area contributed by atoms with Crippen molar-refractivity contribution < 1.29 is 4.74 Å². The summed E-state index contributed by atoms with van der Waals surface area (Å²) in [6.07, 6.45) is 0. The van der Waals surface area contributed by atoms with Crippen LogP contribution in [-0.2, 0) is 0 Å². The van der Waals surface area contributed by atoms with Crippen molar-refractivity contribution in [2.45, 2.75) is 18.7 Å². The van der Waals surface area contributed by atoms with E-state index >= 15 is 0 Å². The van der Waals surface area contributed by atoms with Crippen molar-refractivity contribution >= 4 is 43.2 Å². The molecule has 0 aliphatic rings. The average Bonchev–Trinajstić information content (AvgIpc) is 2.69. The SMILES string of the molecule is CCOc1ccc(C(Br)c2cc(Br)sc2C)cc1. The molecule has 96 valence electrons. The van der Waals surface area contributed by atoms with E-state index in [1.54, 1.807) is 11.3 Å². The molecule has 0 saturated carbocycles. The summed E-state index contributed by atoms with van der Waals surface area (Å²) in [5.41, 5.74) is 2.56. The minimum atomic E-state index is 0.232. The lowest BCUT2D eigenvalue weighted by Crippen LogP contribution is -1.94. The van der Waals surface area contributed by atoms with Gasteiger partial charge in [-0.3, -0.25) is 0 Å². The van der Waals surface area contributed by atoms with Gasteiger partial charge >= 0.3 is 0 Å². The van der Waals surface area contributed by atoms with E-state index in [1.807, 2.05) is 19.1 Å². The fraction of sp³-hybridized carbons (Fsp3) is 0.286. The summed E-state index contributed by atoms with van der Waals surface area (Å²) < 4.78 is 6.63. The van der Waals surface area contributed by atoms with Crippen molar-refractivity contribution in [3.05, 3.63) is 50.1 Å². The first-order chi connectivity index (χ1) is 8.61. The quantitative estimate of drug-likeness (QED) is 0.609. The molecule has 0 aliphatic heterocycles. The highest BCUT2D eigenvalue weighted by Crippen LogP contribution is 2.38. The number of hydrogen-bond acceptors (Lipinski definition) is 2. The normalized spacial score (nSPS) is 12.4. The minimum absolute atomic E-state index is 0.232. The maximum atomic E-state index is 5.45. The highest BCUT2D eigenvalue weighted by Gasteiger charge is 2.15. The fourth-order valence-corrected chi connectivity index (χ4v) is 4.47. The number of alkyl halides is 1. The van der Waals surface area contributed by atoms with Crippen molar-refractivity contribution in [2.75, 3.05) is 6.61 Å². The van der Waals surface area contributed by atoms with E-state index in [1.165, 1.54) is 19.8 Å². The molecular weight excluding hydrogens is 376 g/mol. The van der Waals surface area contributed by atoms with E-state index in [2.05, 4.69) is 57.0 Å². The average molecular weight is 390 g/mol. The highest BCUT2D eigenvalue weighted by atomic mass is 79.9. The van der Waals surface area contributed by atoms with Crippen LogP contribution in [-0.4, -0.2) is 6.61 Å². The molecule has 1 heterocycles. The summed E-state index contributed by atoms with van der Waals surface area (Å²) in [5.74, 6) is 0.921. The van der Waals surface area contributed by atoms with Crippen LogP contribution < -0.4 is 4.74 Å². The first-order valence-corrected chi connectivity index (χ1v) is 8.27. The first kappa shape index (κ1) is 14.1. The van der Waals surface area contributed by atoms with Crippen LogP contribution in [0.5, 0.6) is 5.75 Å². The van der Waals surface area contributed by atoms with Crippen LogP contribution in [0.2, 0.25) is 0 Å². The van der Waals surface area contributed by atoms with E-state index in [0.29, 0.717) is 6.61 Å². The summed E-state index contributed by atoms with van der Waals surface area (Å²) in [6.45, 7) is 4.84. The van der Waals surface area contributed by atoms with Crippen LogP contribution in [0.25, 0.3) is 0 Å². The Morgan fingerprint density at radius 1 is 1.28 bits per heavy atom. The standard InChI is InChI=1S/C14H14Br2OS/c1-3-17-11-6-4-10(5-7-11)14(16)12-8-13(15)18-9(12)2/h4-8,14H,3H2,1-2H3. The molecule has 0 spiro atoms. The summed E-state index contributed by atoms with van der Waals surface area (Å²) >= 11 is 9.07. The Kier molecular flexibility index (Phi) is 4.87. The van der Waals surface area contributed by atoms with Gasteiger partial charge in [0, 0.05) is 4.88 Å². The largest absolute Gasteiger partial charge is 0.494 e. The van der Waals surface area contributed by atoms with Gasteiger partial charge < -0.3 is 4.74 Å². The second-order valence-corrected chi connectivity index (χ2v) is 7.48. The third-order valence-corrected chi connectivity index (χ3v) is 5.27. The van der Waals surface area contributed by atoms with Gasteiger partial charge in [0.15, 0.2) is 0 Å². The topological polar surface area (TPSA) is 9.23 Å². The zero-order valence-corrected chi connectivity index (χ0v) is 14.2. The van der Waals surface area contributed by atoms with Crippen LogP contribution in [0.4, 0.5) is 0 Å². The van der Waals surface area contributed by atoms with Crippen LogP contribution in [0.1, 0.15) is 27.8 Å². The molecule has 1 nitrogen and oxygen atoms in total. The van der Waals surface area contributed by atoms with Crippen LogP contribution in [0.15, 0.2) is 34.1 Å². The summed E-state index contributed by atoms with van der Waals surface area (Å²) in [5, 5.41) is 0. The highest BCUT2D eigenvalue weighted by molar-refractivity contribution is 9.11. The molecular formula is C14H14Br2OS. The Morgan fingerprint density at radius 3 is 2.44 bits per heavy atom. The predicted molar refractivity (Wildman–Crippen MR) is 85.1 cm³/mol. The number of aryl methyl sites for hydroxylation is 1. The van der Waals surface area contributed by atoms with E-state index in [9.17, 15) is 0 Å².